The summed E-state index contributed by atoms with van der Waals surface area (Å²) in [5.74, 6) is -0.425. The molecule has 2 aliphatic rings. The molecule has 0 spiro atoms. The SMILES string of the molecule is CCCCC(CC(=O)NC1CC1)NC(=O)C1C(C=C(C)C)CCN1C(=O)C(N)C(C)(C)C. The second-order valence-electron chi connectivity index (χ2n) is 10.9. The van der Waals surface area contributed by atoms with Crippen molar-refractivity contribution < 1.29 is 14.4 Å². The monoisotopic (exact) mass is 448 g/mol. The first kappa shape index (κ1) is 26.4. The van der Waals surface area contributed by atoms with Crippen molar-refractivity contribution in [2.75, 3.05) is 6.54 Å². The lowest BCUT2D eigenvalue weighted by Crippen LogP contribution is -2.57. The van der Waals surface area contributed by atoms with Gasteiger partial charge >= 0.3 is 0 Å². The van der Waals surface area contributed by atoms with Gasteiger partial charge in [-0.1, -0.05) is 52.2 Å². The molecule has 4 atom stereocenters. The fourth-order valence-corrected chi connectivity index (χ4v) is 4.25. The predicted octanol–water partition coefficient (Wildman–Crippen LogP) is 2.89. The number of carbonyl (C=O) groups is 3. The lowest BCUT2D eigenvalue weighted by atomic mass is 9.86. The van der Waals surface area contributed by atoms with Crippen molar-refractivity contribution in [2.24, 2.45) is 17.1 Å². The summed E-state index contributed by atoms with van der Waals surface area (Å²) in [5.41, 5.74) is 7.00. The number of nitrogens with zero attached hydrogens (tertiary/aromatic N) is 1. The quantitative estimate of drug-likeness (QED) is 0.447. The average Bonchev–Trinajstić information content (AvgIpc) is 3.40. The summed E-state index contributed by atoms with van der Waals surface area (Å²) in [7, 11) is 0. The second-order valence-corrected chi connectivity index (χ2v) is 10.9. The van der Waals surface area contributed by atoms with E-state index in [2.05, 4.69) is 23.6 Å². The van der Waals surface area contributed by atoms with Crippen LogP contribution in [0.3, 0.4) is 0 Å². The van der Waals surface area contributed by atoms with Crippen LogP contribution in [0, 0.1) is 11.3 Å². The first-order valence-electron chi connectivity index (χ1n) is 12.2. The zero-order valence-corrected chi connectivity index (χ0v) is 20.9. The highest BCUT2D eigenvalue weighted by atomic mass is 16.2. The van der Waals surface area contributed by atoms with E-state index in [-0.39, 0.29) is 36.1 Å². The van der Waals surface area contributed by atoms with Gasteiger partial charge in [0.25, 0.3) is 0 Å². The average molecular weight is 449 g/mol. The zero-order chi connectivity index (χ0) is 24.1. The number of nitrogens with one attached hydrogen (secondary N) is 2. The summed E-state index contributed by atoms with van der Waals surface area (Å²) >= 11 is 0. The summed E-state index contributed by atoms with van der Waals surface area (Å²) in [6.45, 7) is 12.4. The largest absolute Gasteiger partial charge is 0.353 e. The van der Waals surface area contributed by atoms with Gasteiger partial charge in [0.2, 0.25) is 17.7 Å². The first-order chi connectivity index (χ1) is 14.9. The van der Waals surface area contributed by atoms with Crippen LogP contribution in [-0.4, -0.2) is 53.3 Å². The number of unbranched alkanes of at least 4 members (excludes halogenated alkanes) is 1. The Labute approximate surface area is 193 Å². The van der Waals surface area contributed by atoms with Crippen LogP contribution in [0.4, 0.5) is 0 Å². The molecule has 4 N–H and O–H groups in total. The van der Waals surface area contributed by atoms with Crippen LogP contribution < -0.4 is 16.4 Å². The Bertz CT molecular complexity index is 704. The minimum Gasteiger partial charge on any atom is -0.353 e. The van der Waals surface area contributed by atoms with E-state index in [0.29, 0.717) is 12.6 Å². The highest BCUT2D eigenvalue weighted by Gasteiger charge is 2.44. The van der Waals surface area contributed by atoms with Crippen LogP contribution in [0.2, 0.25) is 0 Å². The third-order valence-corrected chi connectivity index (χ3v) is 6.37. The van der Waals surface area contributed by atoms with Gasteiger partial charge in [-0.3, -0.25) is 14.4 Å². The number of carbonyl (C=O) groups excluding carboxylic acids is 3. The van der Waals surface area contributed by atoms with Crippen LogP contribution >= 0.6 is 0 Å². The number of nitrogens with two attached hydrogens (primary N) is 1. The van der Waals surface area contributed by atoms with Crippen molar-refractivity contribution in [1.82, 2.24) is 15.5 Å². The topological polar surface area (TPSA) is 105 Å². The van der Waals surface area contributed by atoms with Crippen molar-refractivity contribution in [3.8, 4) is 0 Å². The third kappa shape index (κ3) is 7.61. The Morgan fingerprint density at radius 3 is 2.34 bits per heavy atom. The molecule has 1 saturated heterocycles. The maximum atomic E-state index is 13.5. The molecule has 32 heavy (non-hydrogen) atoms. The van der Waals surface area contributed by atoms with Crippen LogP contribution in [0.1, 0.15) is 86.5 Å². The van der Waals surface area contributed by atoms with Gasteiger partial charge in [0.15, 0.2) is 0 Å². The first-order valence-corrected chi connectivity index (χ1v) is 12.2. The zero-order valence-electron chi connectivity index (χ0n) is 20.9. The lowest BCUT2D eigenvalue weighted by Gasteiger charge is -2.34. The van der Waals surface area contributed by atoms with E-state index in [4.69, 9.17) is 5.73 Å². The fourth-order valence-electron chi connectivity index (χ4n) is 4.25. The number of hydrogen-bond acceptors (Lipinski definition) is 4. The van der Waals surface area contributed by atoms with E-state index in [1.54, 1.807) is 4.90 Å². The highest BCUT2D eigenvalue weighted by Crippen LogP contribution is 2.30. The molecule has 0 aromatic carbocycles. The van der Waals surface area contributed by atoms with E-state index < -0.39 is 17.5 Å². The molecular formula is C25H44N4O3. The van der Waals surface area contributed by atoms with Gasteiger partial charge in [-0.2, -0.15) is 0 Å². The fraction of sp³-hybridized carbons (Fsp3) is 0.800. The van der Waals surface area contributed by atoms with Crippen molar-refractivity contribution >= 4 is 17.7 Å². The summed E-state index contributed by atoms with van der Waals surface area (Å²) in [4.78, 5) is 40.8. The Balaban J connectivity index is 2.18. The lowest BCUT2D eigenvalue weighted by molar-refractivity contribution is -0.142. The Morgan fingerprint density at radius 1 is 1.16 bits per heavy atom. The summed E-state index contributed by atoms with van der Waals surface area (Å²) in [6.07, 6.45) is 7.83. The highest BCUT2D eigenvalue weighted by molar-refractivity contribution is 5.91. The Hall–Kier alpha value is -1.89. The smallest absolute Gasteiger partial charge is 0.243 e. The van der Waals surface area contributed by atoms with Gasteiger partial charge in [0.05, 0.1) is 6.04 Å². The van der Waals surface area contributed by atoms with Crippen LogP contribution in [0.15, 0.2) is 11.6 Å². The van der Waals surface area contributed by atoms with Gasteiger partial charge in [-0.05, 0) is 44.9 Å². The van der Waals surface area contributed by atoms with Crippen molar-refractivity contribution in [1.29, 1.82) is 0 Å². The maximum absolute atomic E-state index is 13.5. The summed E-state index contributed by atoms with van der Waals surface area (Å²) < 4.78 is 0. The van der Waals surface area contributed by atoms with E-state index in [0.717, 1.165) is 44.1 Å². The van der Waals surface area contributed by atoms with Gasteiger partial charge in [0, 0.05) is 31.0 Å². The van der Waals surface area contributed by atoms with Gasteiger partial charge in [-0.25, -0.2) is 0 Å². The molecule has 1 aliphatic carbocycles. The normalized spacial score (nSPS) is 22.8. The molecule has 2 fully saturated rings. The molecule has 1 aliphatic heterocycles. The number of amides is 3. The minimum atomic E-state index is -0.677. The van der Waals surface area contributed by atoms with Crippen molar-refractivity contribution in [3.63, 3.8) is 0 Å². The molecule has 7 heteroatoms. The number of likely N-dealkylation sites (tertiary alicyclic amines) is 1. The van der Waals surface area contributed by atoms with Gasteiger partial charge < -0.3 is 21.3 Å². The molecule has 1 heterocycles. The van der Waals surface area contributed by atoms with E-state index in [1.807, 2.05) is 34.6 Å². The molecule has 1 saturated carbocycles. The molecule has 0 radical (unpaired) electrons. The predicted molar refractivity (Wildman–Crippen MR) is 128 cm³/mol. The standard InChI is InChI=1S/C25H44N4O3/c1-7-8-9-19(15-20(30)27-18-10-11-18)28-23(31)21-17(14-16(2)3)12-13-29(21)24(32)22(26)25(4,5)6/h14,17-19,21-22H,7-13,15,26H2,1-6H3,(H,27,30)(H,28,31). The molecule has 4 unspecified atom stereocenters. The molecule has 7 nitrogen and oxygen atoms in total. The Kier molecular flexibility index (Phi) is 9.31. The van der Waals surface area contributed by atoms with E-state index in [1.165, 1.54) is 0 Å². The molecule has 0 aromatic rings. The third-order valence-electron chi connectivity index (χ3n) is 6.37. The van der Waals surface area contributed by atoms with Crippen molar-refractivity contribution in [2.45, 2.75) is 111 Å². The van der Waals surface area contributed by atoms with Crippen LogP contribution in [-0.2, 0) is 14.4 Å². The van der Waals surface area contributed by atoms with Crippen molar-refractivity contribution in [3.05, 3.63) is 11.6 Å². The minimum absolute atomic E-state index is 0.0103. The van der Waals surface area contributed by atoms with Gasteiger partial charge in [-0.15, -0.1) is 0 Å². The molecular weight excluding hydrogens is 404 g/mol. The van der Waals surface area contributed by atoms with Crippen LogP contribution in [0.5, 0.6) is 0 Å². The Morgan fingerprint density at radius 2 is 1.81 bits per heavy atom. The molecule has 182 valence electrons. The molecule has 2 rings (SSSR count). The maximum Gasteiger partial charge on any atom is 0.243 e. The van der Waals surface area contributed by atoms with Gasteiger partial charge in [0.1, 0.15) is 6.04 Å². The molecule has 3 amide bonds. The van der Waals surface area contributed by atoms with E-state index in [9.17, 15) is 14.4 Å². The number of hydrogen-bond donors (Lipinski definition) is 3. The van der Waals surface area contributed by atoms with Crippen LogP contribution in [0.25, 0.3) is 0 Å². The number of rotatable bonds is 10. The van der Waals surface area contributed by atoms with E-state index >= 15 is 0 Å². The number of allylic oxidation sites excluding steroid dienone is 1. The summed E-state index contributed by atoms with van der Waals surface area (Å²) in [5, 5.41) is 6.14. The second kappa shape index (κ2) is 11.3. The molecule has 0 aromatic heterocycles. The summed E-state index contributed by atoms with van der Waals surface area (Å²) in [6, 6.07) is -1.21. The molecule has 0 bridgehead atoms.